The van der Waals surface area contributed by atoms with Crippen LogP contribution in [-0.4, -0.2) is 17.9 Å². The topological polar surface area (TPSA) is 29.1 Å². The number of nitrogens with one attached hydrogen (secondary N) is 1. The summed E-state index contributed by atoms with van der Waals surface area (Å²) < 4.78 is 25.8. The number of alkyl halides is 2. The van der Waals surface area contributed by atoms with Gasteiger partial charge in [0.2, 0.25) is 11.8 Å². The van der Waals surface area contributed by atoms with Crippen molar-refractivity contribution in [1.82, 2.24) is 5.32 Å². The molecule has 0 aromatic rings. The van der Waals surface area contributed by atoms with Gasteiger partial charge in [-0.3, -0.25) is 4.79 Å². The molecule has 16 heavy (non-hydrogen) atoms. The summed E-state index contributed by atoms with van der Waals surface area (Å²) in [4.78, 5) is 11.8. The molecule has 4 atom stereocenters. The van der Waals surface area contributed by atoms with Crippen molar-refractivity contribution in [1.29, 1.82) is 0 Å². The van der Waals surface area contributed by atoms with Crippen molar-refractivity contribution in [3.8, 4) is 0 Å². The quantitative estimate of drug-likeness (QED) is 0.794. The minimum atomic E-state index is -2.52. The molecule has 2 fully saturated rings. The minimum Gasteiger partial charge on any atom is -0.353 e. The van der Waals surface area contributed by atoms with E-state index in [-0.39, 0.29) is 42.5 Å². The summed E-state index contributed by atoms with van der Waals surface area (Å²) in [5.41, 5.74) is 0. The number of fused-ring (bicyclic) bond motifs is 1. The molecule has 2 aliphatic carbocycles. The second kappa shape index (κ2) is 3.67. The van der Waals surface area contributed by atoms with E-state index in [0.29, 0.717) is 5.92 Å². The highest BCUT2D eigenvalue weighted by molar-refractivity contribution is 5.82. The van der Waals surface area contributed by atoms with Crippen LogP contribution >= 0.6 is 0 Å². The molecule has 0 saturated heterocycles. The van der Waals surface area contributed by atoms with Crippen LogP contribution in [0.5, 0.6) is 0 Å². The number of carbonyl (C=O) groups is 1. The maximum absolute atomic E-state index is 12.9. The van der Waals surface area contributed by atoms with Gasteiger partial charge >= 0.3 is 0 Å². The standard InChI is InChI=1S/C12H19F2NO/c1-6(2)7(3)15-11(16)10-8-4-12(13,14)5-9(8)10/h6-10H,4-5H2,1-3H3,(H,15,16)/t7-,8-,9+,10+/m1/s1. The molecule has 1 N–H and O–H groups in total. The minimum absolute atomic E-state index is 0.0216. The van der Waals surface area contributed by atoms with Gasteiger partial charge in [0, 0.05) is 24.8 Å². The molecule has 2 nitrogen and oxygen atoms in total. The Morgan fingerprint density at radius 2 is 1.75 bits per heavy atom. The summed E-state index contributed by atoms with van der Waals surface area (Å²) in [6, 6.07) is 0.120. The number of hydrogen-bond acceptors (Lipinski definition) is 1. The number of rotatable bonds is 3. The van der Waals surface area contributed by atoms with Gasteiger partial charge in [-0.1, -0.05) is 13.8 Å². The summed E-state index contributed by atoms with van der Waals surface area (Å²) in [5.74, 6) is -2.42. The molecular weight excluding hydrogens is 212 g/mol. The van der Waals surface area contributed by atoms with E-state index in [1.807, 2.05) is 20.8 Å². The lowest BCUT2D eigenvalue weighted by Gasteiger charge is -2.19. The summed E-state index contributed by atoms with van der Waals surface area (Å²) >= 11 is 0. The van der Waals surface area contributed by atoms with Gasteiger partial charge in [-0.2, -0.15) is 0 Å². The first-order valence-corrected chi connectivity index (χ1v) is 6.00. The van der Waals surface area contributed by atoms with E-state index >= 15 is 0 Å². The summed E-state index contributed by atoms with van der Waals surface area (Å²) in [7, 11) is 0. The van der Waals surface area contributed by atoms with Gasteiger partial charge in [0.1, 0.15) is 0 Å². The fourth-order valence-corrected chi connectivity index (χ4v) is 2.65. The molecular formula is C12H19F2NO. The Bertz CT molecular complexity index is 289. The lowest BCUT2D eigenvalue weighted by Crippen LogP contribution is -2.38. The maximum atomic E-state index is 12.9. The van der Waals surface area contributed by atoms with Crippen LogP contribution in [0.4, 0.5) is 8.78 Å². The van der Waals surface area contributed by atoms with Crippen molar-refractivity contribution in [3.05, 3.63) is 0 Å². The zero-order chi connectivity index (χ0) is 12.1. The first-order chi connectivity index (χ1) is 7.32. The van der Waals surface area contributed by atoms with Crippen molar-refractivity contribution in [2.75, 3.05) is 0 Å². The smallest absolute Gasteiger partial charge is 0.248 e. The van der Waals surface area contributed by atoms with Gasteiger partial charge in [-0.25, -0.2) is 8.78 Å². The van der Waals surface area contributed by atoms with E-state index in [1.165, 1.54) is 0 Å². The third-order valence-corrected chi connectivity index (χ3v) is 4.07. The van der Waals surface area contributed by atoms with Crippen LogP contribution in [0.25, 0.3) is 0 Å². The van der Waals surface area contributed by atoms with Crippen molar-refractivity contribution in [2.45, 2.75) is 45.6 Å². The Balaban J connectivity index is 1.83. The summed E-state index contributed by atoms with van der Waals surface area (Å²) in [6.45, 7) is 6.02. The molecule has 2 aliphatic rings. The highest BCUT2D eigenvalue weighted by Gasteiger charge is 2.65. The number of carbonyl (C=O) groups excluding carboxylic acids is 1. The molecule has 2 saturated carbocycles. The highest BCUT2D eigenvalue weighted by atomic mass is 19.3. The summed E-state index contributed by atoms with van der Waals surface area (Å²) in [6.07, 6.45) is -0.183. The van der Waals surface area contributed by atoms with Crippen LogP contribution in [0.1, 0.15) is 33.6 Å². The lowest BCUT2D eigenvalue weighted by atomic mass is 10.0. The van der Waals surface area contributed by atoms with Crippen LogP contribution in [0, 0.1) is 23.7 Å². The number of halogens is 2. The maximum Gasteiger partial charge on any atom is 0.248 e. The SMILES string of the molecule is CC(C)[C@@H](C)NC(=O)[C@H]1[C@@H]2CC(F)(F)C[C@@H]21. The largest absolute Gasteiger partial charge is 0.353 e. The molecule has 0 radical (unpaired) electrons. The van der Waals surface area contributed by atoms with E-state index in [2.05, 4.69) is 5.32 Å². The molecule has 0 aromatic carbocycles. The number of amides is 1. The van der Waals surface area contributed by atoms with Crippen molar-refractivity contribution in [2.24, 2.45) is 23.7 Å². The van der Waals surface area contributed by atoms with Crippen molar-refractivity contribution in [3.63, 3.8) is 0 Å². The normalized spacial score (nSPS) is 37.0. The molecule has 0 aliphatic heterocycles. The van der Waals surface area contributed by atoms with Crippen molar-refractivity contribution < 1.29 is 13.6 Å². The molecule has 0 aromatic heterocycles. The molecule has 0 heterocycles. The molecule has 0 spiro atoms. The fourth-order valence-electron chi connectivity index (χ4n) is 2.65. The molecule has 0 bridgehead atoms. The zero-order valence-corrected chi connectivity index (χ0v) is 9.97. The number of hydrogen-bond donors (Lipinski definition) is 1. The van der Waals surface area contributed by atoms with Crippen LogP contribution in [0.2, 0.25) is 0 Å². The average molecular weight is 231 g/mol. The monoisotopic (exact) mass is 231 g/mol. The highest BCUT2D eigenvalue weighted by Crippen LogP contribution is 2.62. The van der Waals surface area contributed by atoms with E-state index in [9.17, 15) is 13.6 Å². The van der Waals surface area contributed by atoms with E-state index in [4.69, 9.17) is 0 Å². The van der Waals surface area contributed by atoms with E-state index in [1.54, 1.807) is 0 Å². The Morgan fingerprint density at radius 3 is 2.19 bits per heavy atom. The molecule has 92 valence electrons. The van der Waals surface area contributed by atoms with Gasteiger partial charge in [-0.05, 0) is 24.7 Å². The summed E-state index contributed by atoms with van der Waals surface area (Å²) in [5, 5.41) is 2.91. The Labute approximate surface area is 94.8 Å². The predicted molar refractivity (Wildman–Crippen MR) is 57.1 cm³/mol. The van der Waals surface area contributed by atoms with Gasteiger partial charge < -0.3 is 5.32 Å². The van der Waals surface area contributed by atoms with Crippen LogP contribution in [0.15, 0.2) is 0 Å². The van der Waals surface area contributed by atoms with E-state index in [0.717, 1.165) is 0 Å². The zero-order valence-electron chi connectivity index (χ0n) is 9.97. The first kappa shape index (κ1) is 11.8. The first-order valence-electron chi connectivity index (χ1n) is 6.00. The van der Waals surface area contributed by atoms with Gasteiger partial charge in [0.05, 0.1) is 0 Å². The Hall–Kier alpha value is -0.670. The third-order valence-electron chi connectivity index (χ3n) is 4.07. The van der Waals surface area contributed by atoms with E-state index < -0.39 is 5.92 Å². The third kappa shape index (κ3) is 2.06. The Kier molecular flexibility index (Phi) is 2.71. The second-order valence-electron chi connectivity index (χ2n) is 5.66. The molecule has 2 rings (SSSR count). The molecule has 1 amide bonds. The molecule has 0 unspecified atom stereocenters. The lowest BCUT2D eigenvalue weighted by molar-refractivity contribution is -0.124. The average Bonchev–Trinajstić information content (AvgIpc) is 2.65. The van der Waals surface area contributed by atoms with Crippen molar-refractivity contribution >= 4 is 5.91 Å². The second-order valence-corrected chi connectivity index (χ2v) is 5.66. The van der Waals surface area contributed by atoms with Crippen LogP contribution in [0.3, 0.4) is 0 Å². The van der Waals surface area contributed by atoms with Gasteiger partial charge in [0.15, 0.2) is 0 Å². The van der Waals surface area contributed by atoms with Gasteiger partial charge in [0.25, 0.3) is 0 Å². The predicted octanol–water partition coefficient (Wildman–Crippen LogP) is 2.44. The fraction of sp³-hybridized carbons (Fsp3) is 0.917. The molecule has 4 heteroatoms. The van der Waals surface area contributed by atoms with Gasteiger partial charge in [-0.15, -0.1) is 0 Å². The van der Waals surface area contributed by atoms with Crippen LogP contribution in [-0.2, 0) is 4.79 Å². The Morgan fingerprint density at radius 1 is 1.25 bits per heavy atom. The van der Waals surface area contributed by atoms with Crippen LogP contribution < -0.4 is 5.32 Å².